The zero-order valence-electron chi connectivity index (χ0n) is 15.0. The number of rotatable bonds is 4. The number of benzene rings is 2. The van der Waals surface area contributed by atoms with Crippen molar-refractivity contribution in [1.82, 2.24) is 4.90 Å². The molecule has 1 fully saturated rings. The largest absolute Gasteiger partial charge is 0.508 e. The van der Waals surface area contributed by atoms with Gasteiger partial charge in [-0.2, -0.15) is 0 Å². The Morgan fingerprint density at radius 3 is 2.36 bits per heavy atom. The summed E-state index contributed by atoms with van der Waals surface area (Å²) in [6.45, 7) is 5.59. The summed E-state index contributed by atoms with van der Waals surface area (Å²) in [6.07, 6.45) is 4.71. The van der Waals surface area contributed by atoms with Gasteiger partial charge in [0.05, 0.1) is 0 Å². The molecule has 25 heavy (non-hydrogen) atoms. The molecular formula is C23H27NO. The minimum Gasteiger partial charge on any atom is -0.508 e. The number of phenolic OH excluding ortho intramolecular Hbond substituents is 1. The molecule has 130 valence electrons. The second-order valence-electron chi connectivity index (χ2n) is 7.07. The van der Waals surface area contributed by atoms with Crippen LogP contribution in [0.5, 0.6) is 5.75 Å². The number of hydrogen-bond donors (Lipinski definition) is 1. The van der Waals surface area contributed by atoms with Crippen molar-refractivity contribution in [3.05, 3.63) is 65.2 Å². The highest BCUT2D eigenvalue weighted by Crippen LogP contribution is 2.22. The van der Waals surface area contributed by atoms with Crippen molar-refractivity contribution in [1.29, 1.82) is 0 Å². The van der Waals surface area contributed by atoms with E-state index in [1.807, 2.05) is 12.1 Å². The van der Waals surface area contributed by atoms with E-state index in [4.69, 9.17) is 0 Å². The maximum absolute atomic E-state index is 9.27. The first-order chi connectivity index (χ1) is 12.2. The van der Waals surface area contributed by atoms with Gasteiger partial charge in [0.2, 0.25) is 0 Å². The summed E-state index contributed by atoms with van der Waals surface area (Å²) in [6, 6.07) is 16.1. The number of aryl methyl sites for hydroxylation is 1. The third-order valence-corrected chi connectivity index (χ3v) is 5.01. The van der Waals surface area contributed by atoms with E-state index >= 15 is 0 Å². The normalized spacial score (nSPS) is 15.6. The summed E-state index contributed by atoms with van der Waals surface area (Å²) < 4.78 is 0. The summed E-state index contributed by atoms with van der Waals surface area (Å²) in [4.78, 5) is 2.54. The molecule has 0 aliphatic carbocycles. The van der Waals surface area contributed by atoms with E-state index in [0.29, 0.717) is 5.75 Å². The number of piperidine rings is 1. The molecule has 2 aromatic carbocycles. The van der Waals surface area contributed by atoms with Gasteiger partial charge in [0.15, 0.2) is 0 Å². The molecule has 3 rings (SSSR count). The smallest absolute Gasteiger partial charge is 0.115 e. The summed E-state index contributed by atoms with van der Waals surface area (Å²) in [5.74, 6) is 7.53. The van der Waals surface area contributed by atoms with Crippen LogP contribution < -0.4 is 0 Å². The number of likely N-dealkylation sites (tertiary alicyclic amines) is 1. The summed E-state index contributed by atoms with van der Waals surface area (Å²) in [7, 11) is 0. The van der Waals surface area contributed by atoms with Crippen LogP contribution in [0, 0.1) is 24.7 Å². The van der Waals surface area contributed by atoms with Gasteiger partial charge in [0, 0.05) is 18.5 Å². The molecule has 2 nitrogen and oxygen atoms in total. The molecule has 1 N–H and O–H groups in total. The fraction of sp³-hybridized carbons (Fsp3) is 0.391. The fourth-order valence-electron chi connectivity index (χ4n) is 3.40. The van der Waals surface area contributed by atoms with Gasteiger partial charge < -0.3 is 10.0 Å². The number of nitrogens with zero attached hydrogens (tertiary/aromatic N) is 1. The van der Waals surface area contributed by atoms with Gasteiger partial charge in [-0.25, -0.2) is 0 Å². The van der Waals surface area contributed by atoms with Crippen LogP contribution in [0.4, 0.5) is 0 Å². The molecule has 2 heteroatoms. The molecule has 0 bridgehead atoms. The molecule has 1 heterocycles. The van der Waals surface area contributed by atoms with Crippen LogP contribution in [-0.4, -0.2) is 29.6 Å². The molecule has 0 radical (unpaired) electrons. The van der Waals surface area contributed by atoms with E-state index < -0.39 is 0 Å². The zero-order valence-corrected chi connectivity index (χ0v) is 15.0. The van der Waals surface area contributed by atoms with Crippen LogP contribution in [0.25, 0.3) is 0 Å². The molecular weight excluding hydrogens is 306 g/mol. The Hall–Kier alpha value is -2.24. The van der Waals surface area contributed by atoms with Gasteiger partial charge in [-0.1, -0.05) is 41.7 Å². The lowest BCUT2D eigenvalue weighted by molar-refractivity contribution is 0.187. The van der Waals surface area contributed by atoms with Gasteiger partial charge in [-0.3, -0.25) is 0 Å². The van der Waals surface area contributed by atoms with Gasteiger partial charge in [0.1, 0.15) is 5.75 Å². The van der Waals surface area contributed by atoms with Crippen molar-refractivity contribution in [2.24, 2.45) is 5.92 Å². The number of aromatic hydroxyl groups is 1. The molecule has 0 unspecified atom stereocenters. The molecule has 0 saturated carbocycles. The van der Waals surface area contributed by atoms with Crippen LogP contribution >= 0.6 is 0 Å². The minimum atomic E-state index is 0.291. The summed E-state index contributed by atoms with van der Waals surface area (Å²) in [5.41, 5.74) is 3.78. The summed E-state index contributed by atoms with van der Waals surface area (Å²) in [5, 5.41) is 9.27. The molecule has 0 aromatic heterocycles. The lowest BCUT2D eigenvalue weighted by Crippen LogP contribution is -2.34. The molecule has 1 saturated heterocycles. The summed E-state index contributed by atoms with van der Waals surface area (Å²) >= 11 is 0. The topological polar surface area (TPSA) is 23.5 Å². The Bertz CT molecular complexity index is 713. The van der Waals surface area contributed by atoms with Crippen LogP contribution in [0.2, 0.25) is 0 Å². The highest BCUT2D eigenvalue weighted by atomic mass is 16.3. The standard InChI is InChI=1S/C23H27NO/c1-19-5-7-21(8-6-19)18-22-13-16-24(17-14-22)15-3-2-4-20-9-11-23(25)12-10-20/h5-12,22,25H,3,13-18H2,1H3. The first-order valence-corrected chi connectivity index (χ1v) is 9.25. The fourth-order valence-corrected chi connectivity index (χ4v) is 3.40. The molecule has 0 atom stereocenters. The van der Waals surface area contributed by atoms with Crippen LogP contribution in [-0.2, 0) is 6.42 Å². The average molecular weight is 333 g/mol. The van der Waals surface area contributed by atoms with E-state index in [0.717, 1.165) is 24.4 Å². The lowest BCUT2D eigenvalue weighted by Gasteiger charge is -2.31. The van der Waals surface area contributed by atoms with Gasteiger partial charge >= 0.3 is 0 Å². The highest BCUT2D eigenvalue weighted by Gasteiger charge is 2.18. The van der Waals surface area contributed by atoms with Crippen LogP contribution in [0.1, 0.15) is 36.0 Å². The maximum atomic E-state index is 9.27. The Morgan fingerprint density at radius 1 is 1.00 bits per heavy atom. The molecule has 1 aliphatic heterocycles. The minimum absolute atomic E-state index is 0.291. The number of hydrogen-bond acceptors (Lipinski definition) is 2. The highest BCUT2D eigenvalue weighted by molar-refractivity contribution is 5.37. The van der Waals surface area contributed by atoms with E-state index in [2.05, 4.69) is 47.9 Å². The van der Waals surface area contributed by atoms with Gasteiger partial charge in [-0.15, -0.1) is 0 Å². The lowest BCUT2D eigenvalue weighted by atomic mass is 9.90. The first kappa shape index (κ1) is 17.6. The zero-order chi connectivity index (χ0) is 17.5. The monoisotopic (exact) mass is 333 g/mol. The SMILES string of the molecule is Cc1ccc(CC2CCN(CCC#Cc3ccc(O)cc3)CC2)cc1. The third-order valence-electron chi connectivity index (χ3n) is 5.01. The second-order valence-corrected chi connectivity index (χ2v) is 7.07. The van der Waals surface area contributed by atoms with E-state index in [-0.39, 0.29) is 0 Å². The van der Waals surface area contributed by atoms with Crippen molar-refractivity contribution in [2.75, 3.05) is 19.6 Å². The van der Waals surface area contributed by atoms with E-state index in [1.165, 1.54) is 43.5 Å². The molecule has 2 aromatic rings. The van der Waals surface area contributed by atoms with Gasteiger partial charge in [-0.05, 0) is 75.0 Å². The number of phenols is 1. The second kappa shape index (κ2) is 8.74. The molecule has 0 spiro atoms. The third kappa shape index (κ3) is 5.66. The Balaban J connectivity index is 1.38. The quantitative estimate of drug-likeness (QED) is 0.839. The van der Waals surface area contributed by atoms with E-state index in [9.17, 15) is 5.11 Å². The van der Waals surface area contributed by atoms with Crippen LogP contribution in [0.15, 0.2) is 48.5 Å². The Labute approximate surface area is 151 Å². The maximum Gasteiger partial charge on any atom is 0.115 e. The van der Waals surface area contributed by atoms with Crippen molar-refractivity contribution in [3.63, 3.8) is 0 Å². The van der Waals surface area contributed by atoms with Gasteiger partial charge in [0.25, 0.3) is 0 Å². The Morgan fingerprint density at radius 2 is 1.68 bits per heavy atom. The van der Waals surface area contributed by atoms with Crippen LogP contribution in [0.3, 0.4) is 0 Å². The predicted molar refractivity (Wildman–Crippen MR) is 104 cm³/mol. The van der Waals surface area contributed by atoms with Crippen molar-refractivity contribution < 1.29 is 5.11 Å². The van der Waals surface area contributed by atoms with Crippen molar-refractivity contribution >= 4 is 0 Å². The molecule has 1 aliphatic rings. The van der Waals surface area contributed by atoms with Crippen molar-refractivity contribution in [3.8, 4) is 17.6 Å². The first-order valence-electron chi connectivity index (χ1n) is 9.25. The van der Waals surface area contributed by atoms with E-state index in [1.54, 1.807) is 12.1 Å². The predicted octanol–water partition coefficient (Wildman–Crippen LogP) is 4.40. The Kier molecular flexibility index (Phi) is 6.14. The van der Waals surface area contributed by atoms with Crippen molar-refractivity contribution in [2.45, 2.75) is 32.6 Å². The molecule has 0 amide bonds. The average Bonchev–Trinajstić information content (AvgIpc) is 2.63.